The van der Waals surface area contributed by atoms with Gasteiger partial charge in [-0.3, -0.25) is 4.79 Å². The largest absolute Gasteiger partial charge is 0.441 e. The molecule has 132 valence electrons. The predicted molar refractivity (Wildman–Crippen MR) is 100 cm³/mol. The van der Waals surface area contributed by atoms with E-state index in [1.165, 1.54) is 5.56 Å². The van der Waals surface area contributed by atoms with Crippen molar-refractivity contribution < 1.29 is 9.21 Å². The summed E-state index contributed by atoms with van der Waals surface area (Å²) in [5.41, 5.74) is 2.00. The molecule has 1 N–H and O–H groups in total. The molecule has 1 fully saturated rings. The summed E-state index contributed by atoms with van der Waals surface area (Å²) in [6.45, 7) is 0. The van der Waals surface area contributed by atoms with E-state index in [1.807, 2.05) is 48.5 Å². The Hall–Kier alpha value is -2.88. The van der Waals surface area contributed by atoms with Crippen LogP contribution in [0.2, 0.25) is 0 Å². The first kappa shape index (κ1) is 16.6. The summed E-state index contributed by atoms with van der Waals surface area (Å²) < 4.78 is 5.78. The zero-order valence-electron chi connectivity index (χ0n) is 14.7. The Labute approximate surface area is 153 Å². The zero-order valence-corrected chi connectivity index (χ0v) is 14.7. The van der Waals surface area contributed by atoms with E-state index in [2.05, 4.69) is 22.4 Å². The topological polar surface area (TPSA) is 55.1 Å². The number of carbonyl (C=O) groups is 1. The average Bonchev–Trinajstić information content (AvgIpc) is 3.14. The summed E-state index contributed by atoms with van der Waals surface area (Å²) >= 11 is 0. The number of nitrogens with zero attached hydrogens (tertiary/aromatic N) is 1. The van der Waals surface area contributed by atoms with Crippen LogP contribution in [0.1, 0.15) is 37.1 Å². The van der Waals surface area contributed by atoms with Gasteiger partial charge < -0.3 is 9.73 Å². The molecule has 4 rings (SSSR count). The SMILES string of the molecule is O=C(CCc1ncc(-c2ccccc2)o1)NC1(c2ccccc2)CCC1. The molecule has 1 aromatic heterocycles. The van der Waals surface area contributed by atoms with E-state index in [0.717, 1.165) is 30.6 Å². The molecule has 1 aliphatic rings. The Balaban J connectivity index is 1.37. The average molecular weight is 346 g/mol. The van der Waals surface area contributed by atoms with E-state index >= 15 is 0 Å². The Morgan fingerprint density at radius 1 is 1.04 bits per heavy atom. The lowest BCUT2D eigenvalue weighted by molar-refractivity contribution is -0.124. The Kier molecular flexibility index (Phi) is 4.57. The summed E-state index contributed by atoms with van der Waals surface area (Å²) in [6.07, 6.45) is 5.75. The number of benzene rings is 2. The van der Waals surface area contributed by atoms with Gasteiger partial charge in [0.25, 0.3) is 0 Å². The molecule has 2 aromatic carbocycles. The first-order valence-electron chi connectivity index (χ1n) is 9.12. The minimum absolute atomic E-state index is 0.0491. The molecule has 0 unspecified atom stereocenters. The summed E-state index contributed by atoms with van der Waals surface area (Å²) in [7, 11) is 0. The van der Waals surface area contributed by atoms with Gasteiger partial charge in [-0.25, -0.2) is 4.98 Å². The molecule has 1 saturated carbocycles. The van der Waals surface area contributed by atoms with E-state index in [0.29, 0.717) is 18.7 Å². The highest BCUT2D eigenvalue weighted by Gasteiger charge is 2.39. The first-order valence-corrected chi connectivity index (χ1v) is 9.12. The number of carbonyl (C=O) groups excluding carboxylic acids is 1. The van der Waals surface area contributed by atoms with Gasteiger partial charge in [0.2, 0.25) is 5.91 Å². The fraction of sp³-hybridized carbons (Fsp3) is 0.273. The fourth-order valence-electron chi connectivity index (χ4n) is 3.48. The number of hydrogen-bond acceptors (Lipinski definition) is 3. The number of oxazole rings is 1. The number of amides is 1. The second-order valence-electron chi connectivity index (χ2n) is 6.83. The van der Waals surface area contributed by atoms with Crippen molar-refractivity contribution in [2.24, 2.45) is 0 Å². The third kappa shape index (κ3) is 3.40. The molecular formula is C22H22N2O2. The highest BCUT2D eigenvalue weighted by molar-refractivity contribution is 5.77. The second kappa shape index (κ2) is 7.16. The van der Waals surface area contributed by atoms with E-state index < -0.39 is 0 Å². The Morgan fingerprint density at radius 3 is 2.38 bits per heavy atom. The number of hydrogen-bond donors (Lipinski definition) is 1. The van der Waals surface area contributed by atoms with Crippen LogP contribution in [0.15, 0.2) is 71.3 Å². The minimum atomic E-state index is -0.190. The molecule has 1 aliphatic carbocycles. The molecule has 26 heavy (non-hydrogen) atoms. The Morgan fingerprint density at radius 2 is 1.73 bits per heavy atom. The van der Waals surface area contributed by atoms with Crippen LogP contribution < -0.4 is 5.32 Å². The van der Waals surface area contributed by atoms with Crippen LogP contribution >= 0.6 is 0 Å². The summed E-state index contributed by atoms with van der Waals surface area (Å²) in [5, 5.41) is 3.25. The monoisotopic (exact) mass is 346 g/mol. The molecule has 0 radical (unpaired) electrons. The van der Waals surface area contributed by atoms with Crippen molar-refractivity contribution in [2.45, 2.75) is 37.6 Å². The molecule has 1 heterocycles. The molecular weight excluding hydrogens is 324 g/mol. The minimum Gasteiger partial charge on any atom is -0.441 e. The van der Waals surface area contributed by atoms with E-state index in [9.17, 15) is 4.79 Å². The number of rotatable bonds is 6. The van der Waals surface area contributed by atoms with E-state index in [4.69, 9.17) is 4.42 Å². The maximum Gasteiger partial charge on any atom is 0.221 e. The molecule has 4 heteroatoms. The highest BCUT2D eigenvalue weighted by atomic mass is 16.4. The Bertz CT molecular complexity index is 867. The quantitative estimate of drug-likeness (QED) is 0.716. The van der Waals surface area contributed by atoms with Gasteiger partial charge in [0.15, 0.2) is 11.7 Å². The molecule has 0 bridgehead atoms. The van der Waals surface area contributed by atoms with Crippen molar-refractivity contribution >= 4 is 5.91 Å². The van der Waals surface area contributed by atoms with Gasteiger partial charge in [0.1, 0.15) is 0 Å². The number of nitrogens with one attached hydrogen (secondary N) is 1. The summed E-state index contributed by atoms with van der Waals surface area (Å²) in [6, 6.07) is 20.1. The van der Waals surface area contributed by atoms with Gasteiger partial charge in [0.05, 0.1) is 11.7 Å². The lowest BCUT2D eigenvalue weighted by Gasteiger charge is -2.43. The molecule has 0 atom stereocenters. The van der Waals surface area contributed by atoms with Gasteiger partial charge in [-0.2, -0.15) is 0 Å². The lowest BCUT2D eigenvalue weighted by Crippen LogP contribution is -2.50. The molecule has 0 saturated heterocycles. The zero-order chi connectivity index (χ0) is 17.8. The third-order valence-corrected chi connectivity index (χ3v) is 5.09. The van der Waals surface area contributed by atoms with Crippen molar-refractivity contribution in [1.82, 2.24) is 10.3 Å². The van der Waals surface area contributed by atoms with Crippen LogP contribution in [0.3, 0.4) is 0 Å². The molecule has 0 spiro atoms. The van der Waals surface area contributed by atoms with Crippen LogP contribution in [0, 0.1) is 0 Å². The molecule has 1 amide bonds. The molecule has 0 aliphatic heterocycles. The van der Waals surface area contributed by atoms with Crippen molar-refractivity contribution in [3.05, 3.63) is 78.3 Å². The van der Waals surface area contributed by atoms with Gasteiger partial charge in [-0.05, 0) is 24.8 Å². The predicted octanol–water partition coefficient (Wildman–Crippen LogP) is 4.47. The second-order valence-corrected chi connectivity index (χ2v) is 6.83. The van der Waals surface area contributed by atoms with Gasteiger partial charge in [-0.15, -0.1) is 0 Å². The van der Waals surface area contributed by atoms with Gasteiger partial charge in [-0.1, -0.05) is 60.7 Å². The van der Waals surface area contributed by atoms with Gasteiger partial charge in [0, 0.05) is 18.4 Å². The van der Waals surface area contributed by atoms with Crippen molar-refractivity contribution in [3.63, 3.8) is 0 Å². The van der Waals surface area contributed by atoms with Crippen molar-refractivity contribution in [1.29, 1.82) is 0 Å². The van der Waals surface area contributed by atoms with Crippen LogP contribution in [0.25, 0.3) is 11.3 Å². The van der Waals surface area contributed by atoms with Crippen LogP contribution in [-0.2, 0) is 16.8 Å². The number of aryl methyl sites for hydroxylation is 1. The maximum absolute atomic E-state index is 12.5. The standard InChI is InChI=1S/C22H22N2O2/c25-20(24-22(14-7-15-22)18-10-5-2-6-11-18)12-13-21-23-16-19(26-21)17-8-3-1-4-9-17/h1-6,8-11,16H,7,12-15H2,(H,24,25). The van der Waals surface area contributed by atoms with Gasteiger partial charge >= 0.3 is 0 Å². The van der Waals surface area contributed by atoms with E-state index in [1.54, 1.807) is 6.20 Å². The molecule has 4 nitrogen and oxygen atoms in total. The van der Waals surface area contributed by atoms with Crippen molar-refractivity contribution in [2.75, 3.05) is 0 Å². The highest BCUT2D eigenvalue weighted by Crippen LogP contribution is 2.41. The lowest BCUT2D eigenvalue weighted by atomic mass is 9.71. The van der Waals surface area contributed by atoms with Crippen LogP contribution in [-0.4, -0.2) is 10.9 Å². The normalized spacial score (nSPS) is 15.2. The van der Waals surface area contributed by atoms with Crippen LogP contribution in [0.5, 0.6) is 0 Å². The summed E-state index contributed by atoms with van der Waals surface area (Å²) in [4.78, 5) is 16.8. The first-order chi connectivity index (χ1) is 12.8. The number of aromatic nitrogens is 1. The maximum atomic E-state index is 12.5. The van der Waals surface area contributed by atoms with Crippen molar-refractivity contribution in [3.8, 4) is 11.3 Å². The summed E-state index contributed by atoms with van der Waals surface area (Å²) in [5.74, 6) is 1.38. The fourth-order valence-corrected chi connectivity index (χ4v) is 3.48. The van der Waals surface area contributed by atoms with E-state index in [-0.39, 0.29) is 11.4 Å². The smallest absolute Gasteiger partial charge is 0.221 e. The molecule has 3 aromatic rings. The van der Waals surface area contributed by atoms with Crippen LogP contribution in [0.4, 0.5) is 0 Å². The third-order valence-electron chi connectivity index (χ3n) is 5.09.